The Morgan fingerprint density at radius 2 is 1.82 bits per heavy atom. The first-order chi connectivity index (χ1) is 13.4. The Morgan fingerprint density at radius 1 is 1.18 bits per heavy atom. The molecule has 28 heavy (non-hydrogen) atoms. The Labute approximate surface area is 171 Å². The van der Waals surface area contributed by atoms with Crippen LogP contribution in [0, 0.1) is 5.92 Å². The van der Waals surface area contributed by atoms with Crippen LogP contribution in [0.5, 0.6) is 17.2 Å². The lowest BCUT2D eigenvalue weighted by Crippen LogP contribution is -2.40. The Morgan fingerprint density at radius 3 is 2.36 bits per heavy atom. The highest BCUT2D eigenvalue weighted by molar-refractivity contribution is 7.09. The number of carbonyl (C=O) groups is 1. The number of para-hydroxylation sites is 1. The lowest BCUT2D eigenvalue weighted by Gasteiger charge is -2.29. The van der Waals surface area contributed by atoms with Crippen molar-refractivity contribution in [1.29, 1.82) is 0 Å². The fraction of sp³-hybridized carbons (Fsp3) is 0.524. The van der Waals surface area contributed by atoms with Crippen molar-refractivity contribution in [3.05, 3.63) is 34.3 Å². The molecular weight excluding hydrogens is 376 g/mol. The van der Waals surface area contributed by atoms with Gasteiger partial charge in [-0.05, 0) is 25.5 Å². The van der Waals surface area contributed by atoms with Gasteiger partial charge in [-0.1, -0.05) is 26.8 Å². The lowest BCUT2D eigenvalue weighted by molar-refractivity contribution is -0.137. The highest BCUT2D eigenvalue weighted by Crippen LogP contribution is 2.37. The van der Waals surface area contributed by atoms with E-state index in [0.29, 0.717) is 30.4 Å². The van der Waals surface area contributed by atoms with Gasteiger partial charge in [0.25, 0.3) is 0 Å². The predicted molar refractivity (Wildman–Crippen MR) is 111 cm³/mol. The van der Waals surface area contributed by atoms with Crippen LogP contribution in [0.25, 0.3) is 0 Å². The van der Waals surface area contributed by atoms with E-state index in [1.807, 2.05) is 42.3 Å². The van der Waals surface area contributed by atoms with Gasteiger partial charge in [-0.2, -0.15) is 0 Å². The molecule has 6 nitrogen and oxygen atoms in total. The van der Waals surface area contributed by atoms with Crippen molar-refractivity contribution in [2.24, 2.45) is 5.92 Å². The molecular formula is C21H30N2O4S. The smallest absolute Gasteiger partial charge is 0.225 e. The molecule has 0 saturated heterocycles. The van der Waals surface area contributed by atoms with E-state index in [0.717, 1.165) is 17.1 Å². The third-order valence-corrected chi connectivity index (χ3v) is 5.43. The standard InChI is InChI=1S/C21H30N2O4S/c1-7-15(4)23(21(24)14(2)3)11-16-13-28-19(22-16)12-27-20-17(25-5)9-8-10-18(20)26-6/h8-10,13-15H,7,11-12H2,1-6H3/t15-/m1/s1. The van der Waals surface area contributed by atoms with Crippen LogP contribution in [-0.2, 0) is 17.9 Å². The van der Waals surface area contributed by atoms with E-state index in [1.54, 1.807) is 14.2 Å². The number of benzene rings is 1. The maximum absolute atomic E-state index is 12.6. The fourth-order valence-electron chi connectivity index (χ4n) is 2.76. The predicted octanol–water partition coefficient (Wildman–Crippen LogP) is 4.52. The minimum atomic E-state index is -0.0338. The molecule has 2 rings (SSSR count). The zero-order chi connectivity index (χ0) is 20.7. The summed E-state index contributed by atoms with van der Waals surface area (Å²) in [7, 11) is 3.19. The van der Waals surface area contributed by atoms with E-state index < -0.39 is 0 Å². The quantitative estimate of drug-likeness (QED) is 0.580. The third kappa shape index (κ3) is 5.38. The zero-order valence-corrected chi connectivity index (χ0v) is 18.3. The molecule has 1 amide bonds. The SMILES string of the molecule is CC[C@@H](C)N(Cc1csc(COc2c(OC)cccc2OC)n1)C(=O)C(C)C. The van der Waals surface area contributed by atoms with Gasteiger partial charge in [-0.15, -0.1) is 11.3 Å². The van der Waals surface area contributed by atoms with E-state index in [2.05, 4.69) is 18.8 Å². The molecule has 1 atom stereocenters. The average Bonchev–Trinajstić information content (AvgIpc) is 3.16. The molecule has 0 aliphatic rings. The van der Waals surface area contributed by atoms with Crippen LogP contribution in [0.2, 0.25) is 0 Å². The van der Waals surface area contributed by atoms with Crippen LogP contribution < -0.4 is 14.2 Å². The summed E-state index contributed by atoms with van der Waals surface area (Å²) in [4.78, 5) is 19.1. The highest BCUT2D eigenvalue weighted by Gasteiger charge is 2.22. The maximum atomic E-state index is 12.6. The van der Waals surface area contributed by atoms with E-state index in [1.165, 1.54) is 11.3 Å². The van der Waals surface area contributed by atoms with Gasteiger partial charge in [0, 0.05) is 17.3 Å². The Hall–Kier alpha value is -2.28. The lowest BCUT2D eigenvalue weighted by atomic mass is 10.1. The van der Waals surface area contributed by atoms with Crippen LogP contribution in [0.15, 0.2) is 23.6 Å². The van der Waals surface area contributed by atoms with Crippen LogP contribution in [-0.4, -0.2) is 36.1 Å². The summed E-state index contributed by atoms with van der Waals surface area (Å²) in [6.07, 6.45) is 0.909. The molecule has 0 N–H and O–H groups in total. The second-order valence-corrected chi connectivity index (χ2v) is 7.83. The Kier molecular flexibility index (Phi) is 8.11. The van der Waals surface area contributed by atoms with E-state index in [4.69, 9.17) is 14.2 Å². The summed E-state index contributed by atoms with van der Waals surface area (Å²) >= 11 is 1.52. The van der Waals surface area contributed by atoms with Gasteiger partial charge < -0.3 is 19.1 Å². The Balaban J connectivity index is 2.09. The van der Waals surface area contributed by atoms with Gasteiger partial charge in [-0.25, -0.2) is 4.98 Å². The van der Waals surface area contributed by atoms with Crippen LogP contribution in [0.4, 0.5) is 0 Å². The summed E-state index contributed by atoms with van der Waals surface area (Å²) in [5, 5.41) is 2.82. The number of ether oxygens (including phenoxy) is 3. The van der Waals surface area contributed by atoms with Gasteiger partial charge in [0.05, 0.1) is 26.5 Å². The molecule has 1 aromatic carbocycles. The minimum Gasteiger partial charge on any atom is -0.493 e. The number of rotatable bonds is 10. The Bertz CT molecular complexity index is 753. The molecule has 0 bridgehead atoms. The molecule has 0 fully saturated rings. The van der Waals surface area contributed by atoms with Crippen molar-refractivity contribution >= 4 is 17.2 Å². The number of hydrogen-bond acceptors (Lipinski definition) is 6. The topological polar surface area (TPSA) is 60.9 Å². The van der Waals surface area contributed by atoms with Crippen molar-refractivity contribution in [1.82, 2.24) is 9.88 Å². The van der Waals surface area contributed by atoms with Crippen molar-refractivity contribution < 1.29 is 19.0 Å². The van der Waals surface area contributed by atoms with Crippen LogP contribution in [0.1, 0.15) is 44.8 Å². The average molecular weight is 407 g/mol. The van der Waals surface area contributed by atoms with Crippen LogP contribution in [0.3, 0.4) is 0 Å². The molecule has 0 radical (unpaired) electrons. The summed E-state index contributed by atoms with van der Waals surface area (Å²) in [5.41, 5.74) is 0.880. The molecule has 0 aliphatic carbocycles. The first-order valence-electron chi connectivity index (χ1n) is 9.48. The van der Waals surface area contributed by atoms with Gasteiger partial charge in [-0.3, -0.25) is 4.79 Å². The third-order valence-electron chi connectivity index (χ3n) is 4.55. The van der Waals surface area contributed by atoms with Gasteiger partial charge in [0.2, 0.25) is 11.7 Å². The number of hydrogen-bond donors (Lipinski definition) is 0. The van der Waals surface area contributed by atoms with Gasteiger partial charge in [0.1, 0.15) is 11.6 Å². The molecule has 0 saturated carbocycles. The van der Waals surface area contributed by atoms with Gasteiger partial charge in [0.15, 0.2) is 11.5 Å². The molecule has 1 aromatic heterocycles. The van der Waals surface area contributed by atoms with E-state index >= 15 is 0 Å². The minimum absolute atomic E-state index is 0.0338. The number of aromatic nitrogens is 1. The summed E-state index contributed by atoms with van der Waals surface area (Å²) in [5.74, 6) is 1.90. The number of nitrogens with zero attached hydrogens (tertiary/aromatic N) is 2. The van der Waals surface area contributed by atoms with Crippen molar-refractivity contribution in [3.63, 3.8) is 0 Å². The number of thiazole rings is 1. The molecule has 2 aromatic rings. The second-order valence-electron chi connectivity index (χ2n) is 6.89. The first kappa shape index (κ1) is 22.0. The van der Waals surface area contributed by atoms with E-state index in [-0.39, 0.29) is 17.9 Å². The summed E-state index contributed by atoms with van der Waals surface area (Å²) in [6, 6.07) is 5.68. The van der Waals surface area contributed by atoms with Crippen molar-refractivity contribution in [2.75, 3.05) is 14.2 Å². The zero-order valence-electron chi connectivity index (χ0n) is 17.5. The maximum Gasteiger partial charge on any atom is 0.225 e. The van der Waals surface area contributed by atoms with Crippen molar-refractivity contribution in [2.45, 2.75) is 53.3 Å². The van der Waals surface area contributed by atoms with Gasteiger partial charge >= 0.3 is 0 Å². The highest BCUT2D eigenvalue weighted by atomic mass is 32.1. The second kappa shape index (κ2) is 10.3. The molecule has 1 heterocycles. The normalized spacial score (nSPS) is 12.0. The van der Waals surface area contributed by atoms with Crippen LogP contribution >= 0.6 is 11.3 Å². The largest absolute Gasteiger partial charge is 0.493 e. The van der Waals surface area contributed by atoms with Crippen molar-refractivity contribution in [3.8, 4) is 17.2 Å². The molecule has 0 spiro atoms. The molecule has 154 valence electrons. The molecule has 0 unspecified atom stereocenters. The summed E-state index contributed by atoms with van der Waals surface area (Å²) in [6.45, 7) is 8.84. The number of amides is 1. The number of methoxy groups -OCH3 is 2. The molecule has 7 heteroatoms. The van der Waals surface area contributed by atoms with E-state index in [9.17, 15) is 4.79 Å². The fourth-order valence-corrected chi connectivity index (χ4v) is 3.45. The monoisotopic (exact) mass is 406 g/mol. The first-order valence-corrected chi connectivity index (χ1v) is 10.4. The number of carbonyl (C=O) groups excluding carboxylic acids is 1. The summed E-state index contributed by atoms with van der Waals surface area (Å²) < 4.78 is 16.6. The molecule has 0 aliphatic heterocycles.